The number of aromatic nitrogens is 1. The predicted molar refractivity (Wildman–Crippen MR) is 86.0 cm³/mol. The van der Waals surface area contributed by atoms with Crippen LogP contribution in [0.5, 0.6) is 11.5 Å². The lowest BCUT2D eigenvalue weighted by atomic mass is 10.2. The minimum absolute atomic E-state index is 0.676. The maximum Gasteiger partial charge on any atom is 0.150 e. The third kappa shape index (κ3) is 3.59. The Hall–Kier alpha value is -0.910. The highest BCUT2D eigenvalue weighted by atomic mass is 79.9. The molecular formula is C15H14Br2N2O. The average Bonchev–Trinajstić information content (AvgIpc) is 3.25. The molecule has 0 atom stereocenters. The number of nitrogens with one attached hydrogen (secondary N) is 1. The molecule has 0 spiro atoms. The van der Waals surface area contributed by atoms with Gasteiger partial charge in [-0.25, -0.2) is 0 Å². The minimum atomic E-state index is 0.676. The van der Waals surface area contributed by atoms with Gasteiger partial charge in [-0.1, -0.05) is 15.9 Å². The van der Waals surface area contributed by atoms with Gasteiger partial charge in [0.2, 0.25) is 0 Å². The first kappa shape index (κ1) is 14.0. The van der Waals surface area contributed by atoms with Crippen molar-refractivity contribution in [1.82, 2.24) is 10.3 Å². The van der Waals surface area contributed by atoms with Crippen LogP contribution in [0.25, 0.3) is 0 Å². The lowest BCUT2D eigenvalue weighted by Gasteiger charge is -2.12. The molecule has 0 amide bonds. The van der Waals surface area contributed by atoms with Gasteiger partial charge in [0.15, 0.2) is 0 Å². The quantitative estimate of drug-likeness (QED) is 0.797. The highest BCUT2D eigenvalue weighted by Crippen LogP contribution is 2.33. The van der Waals surface area contributed by atoms with Gasteiger partial charge in [0.25, 0.3) is 0 Å². The molecule has 2 aromatic rings. The fraction of sp³-hybridized carbons (Fsp3) is 0.267. The van der Waals surface area contributed by atoms with Crippen LogP contribution in [0.3, 0.4) is 0 Å². The van der Waals surface area contributed by atoms with Crippen molar-refractivity contribution in [3.05, 3.63) is 51.2 Å². The van der Waals surface area contributed by atoms with Crippen molar-refractivity contribution in [1.29, 1.82) is 0 Å². The molecule has 1 heterocycles. The van der Waals surface area contributed by atoms with E-state index in [2.05, 4.69) is 42.2 Å². The lowest BCUT2D eigenvalue weighted by molar-refractivity contribution is 0.467. The molecule has 1 aliphatic rings. The van der Waals surface area contributed by atoms with Gasteiger partial charge in [0, 0.05) is 28.8 Å². The Kier molecular flexibility index (Phi) is 4.38. The second-order valence-electron chi connectivity index (χ2n) is 4.82. The Balaban J connectivity index is 1.78. The Bertz CT molecular complexity index is 615. The van der Waals surface area contributed by atoms with Crippen molar-refractivity contribution >= 4 is 31.9 Å². The maximum absolute atomic E-state index is 5.98. The van der Waals surface area contributed by atoms with E-state index in [1.807, 2.05) is 24.3 Å². The molecule has 1 aliphatic carbocycles. The molecule has 0 bridgehead atoms. The van der Waals surface area contributed by atoms with Crippen LogP contribution < -0.4 is 10.1 Å². The van der Waals surface area contributed by atoms with Gasteiger partial charge in [-0.15, -0.1) is 0 Å². The summed E-state index contributed by atoms with van der Waals surface area (Å²) >= 11 is 6.95. The molecule has 1 aromatic carbocycles. The molecular weight excluding hydrogens is 384 g/mol. The van der Waals surface area contributed by atoms with Crippen LogP contribution in [0.15, 0.2) is 45.6 Å². The summed E-state index contributed by atoms with van der Waals surface area (Å²) in [5.41, 5.74) is 1.13. The number of rotatable bonds is 5. The van der Waals surface area contributed by atoms with E-state index in [0.29, 0.717) is 6.04 Å². The number of benzene rings is 1. The molecule has 0 aliphatic heterocycles. The second kappa shape index (κ2) is 6.24. The Morgan fingerprint density at radius 1 is 1.20 bits per heavy atom. The van der Waals surface area contributed by atoms with Crippen LogP contribution in [0, 0.1) is 0 Å². The highest BCUT2D eigenvalue weighted by molar-refractivity contribution is 9.11. The summed E-state index contributed by atoms with van der Waals surface area (Å²) in [5, 5.41) is 3.50. The van der Waals surface area contributed by atoms with E-state index >= 15 is 0 Å². The Morgan fingerprint density at radius 2 is 2.05 bits per heavy atom. The smallest absolute Gasteiger partial charge is 0.150 e. The first-order valence-corrected chi connectivity index (χ1v) is 8.10. The lowest BCUT2D eigenvalue weighted by Crippen LogP contribution is -2.15. The zero-order valence-electron chi connectivity index (χ0n) is 10.8. The number of ether oxygens (including phenoxy) is 1. The molecule has 0 unspecified atom stereocenters. The minimum Gasteiger partial charge on any atom is -0.454 e. The van der Waals surface area contributed by atoms with Crippen LogP contribution in [0.2, 0.25) is 0 Å². The first-order chi connectivity index (χ1) is 9.72. The second-order valence-corrected chi connectivity index (χ2v) is 6.59. The Labute approximate surface area is 135 Å². The van der Waals surface area contributed by atoms with Crippen molar-refractivity contribution in [3.63, 3.8) is 0 Å². The maximum atomic E-state index is 5.98. The van der Waals surface area contributed by atoms with Gasteiger partial charge >= 0.3 is 0 Å². The summed E-state index contributed by atoms with van der Waals surface area (Å²) in [7, 11) is 0. The fourth-order valence-corrected chi connectivity index (χ4v) is 2.99. The third-order valence-electron chi connectivity index (χ3n) is 3.14. The largest absolute Gasteiger partial charge is 0.454 e. The normalized spacial score (nSPS) is 14.3. The van der Waals surface area contributed by atoms with Crippen molar-refractivity contribution in [2.45, 2.75) is 25.4 Å². The number of nitrogens with zero attached hydrogens (tertiary/aromatic N) is 1. The summed E-state index contributed by atoms with van der Waals surface area (Å²) in [6.45, 7) is 0.816. The first-order valence-electron chi connectivity index (χ1n) is 6.51. The fourth-order valence-electron chi connectivity index (χ4n) is 1.86. The van der Waals surface area contributed by atoms with E-state index < -0.39 is 0 Å². The van der Waals surface area contributed by atoms with Crippen LogP contribution in [-0.4, -0.2) is 11.0 Å². The molecule has 1 fully saturated rings. The van der Waals surface area contributed by atoms with Crippen molar-refractivity contribution in [2.24, 2.45) is 0 Å². The van der Waals surface area contributed by atoms with Crippen LogP contribution in [0.1, 0.15) is 18.4 Å². The third-order valence-corrected chi connectivity index (χ3v) is 4.26. The van der Waals surface area contributed by atoms with E-state index in [-0.39, 0.29) is 0 Å². The summed E-state index contributed by atoms with van der Waals surface area (Å²) in [6.07, 6.45) is 6.12. The van der Waals surface area contributed by atoms with Gasteiger partial charge < -0.3 is 10.1 Å². The molecule has 0 saturated heterocycles. The van der Waals surface area contributed by atoms with Crippen molar-refractivity contribution in [2.75, 3.05) is 0 Å². The molecule has 104 valence electrons. The van der Waals surface area contributed by atoms with E-state index in [9.17, 15) is 0 Å². The molecule has 5 heteroatoms. The van der Waals surface area contributed by atoms with Gasteiger partial charge in [0.1, 0.15) is 11.5 Å². The van der Waals surface area contributed by atoms with Crippen LogP contribution in [-0.2, 0) is 6.54 Å². The van der Waals surface area contributed by atoms with E-state index in [4.69, 9.17) is 4.74 Å². The van der Waals surface area contributed by atoms with Gasteiger partial charge in [-0.2, -0.15) is 0 Å². The molecule has 3 nitrogen and oxygen atoms in total. The molecule has 0 radical (unpaired) electrons. The Morgan fingerprint density at radius 3 is 2.80 bits per heavy atom. The van der Waals surface area contributed by atoms with E-state index in [1.54, 1.807) is 12.4 Å². The van der Waals surface area contributed by atoms with Crippen LogP contribution >= 0.6 is 31.9 Å². The summed E-state index contributed by atoms with van der Waals surface area (Å²) < 4.78 is 7.90. The van der Waals surface area contributed by atoms with E-state index in [0.717, 1.165) is 32.6 Å². The SMILES string of the molecule is Brc1ccc(Oc2cnccc2CNC2CC2)c(Br)c1. The average molecular weight is 398 g/mol. The number of hydrogen-bond acceptors (Lipinski definition) is 3. The highest BCUT2D eigenvalue weighted by Gasteiger charge is 2.20. The summed E-state index contributed by atoms with van der Waals surface area (Å²) in [6, 6.07) is 8.53. The monoisotopic (exact) mass is 396 g/mol. The zero-order chi connectivity index (χ0) is 13.9. The van der Waals surface area contributed by atoms with E-state index in [1.165, 1.54) is 12.8 Å². The number of pyridine rings is 1. The summed E-state index contributed by atoms with van der Waals surface area (Å²) in [4.78, 5) is 4.15. The number of halogens is 2. The summed E-state index contributed by atoms with van der Waals surface area (Å²) in [5.74, 6) is 1.58. The standard InChI is InChI=1S/C15H14Br2N2O/c16-11-1-4-14(13(17)7-11)20-15-9-18-6-5-10(15)8-19-12-2-3-12/h1,4-7,9,12,19H,2-3,8H2. The number of hydrogen-bond donors (Lipinski definition) is 1. The molecule has 1 N–H and O–H groups in total. The topological polar surface area (TPSA) is 34.1 Å². The van der Waals surface area contributed by atoms with Crippen LogP contribution in [0.4, 0.5) is 0 Å². The predicted octanol–water partition coefficient (Wildman–Crippen LogP) is 4.65. The zero-order valence-corrected chi connectivity index (χ0v) is 13.9. The van der Waals surface area contributed by atoms with Gasteiger partial charge in [0.05, 0.1) is 10.7 Å². The molecule has 1 saturated carbocycles. The van der Waals surface area contributed by atoms with Crippen molar-refractivity contribution in [3.8, 4) is 11.5 Å². The molecule has 3 rings (SSSR count). The van der Waals surface area contributed by atoms with Gasteiger partial charge in [-0.05, 0) is 53.0 Å². The van der Waals surface area contributed by atoms with Gasteiger partial charge in [-0.3, -0.25) is 4.98 Å². The molecule has 20 heavy (non-hydrogen) atoms. The van der Waals surface area contributed by atoms with Crippen molar-refractivity contribution < 1.29 is 4.74 Å². The molecule has 1 aromatic heterocycles.